The summed E-state index contributed by atoms with van der Waals surface area (Å²) < 4.78 is 5.42. The predicted molar refractivity (Wildman–Crippen MR) is 70.1 cm³/mol. The summed E-state index contributed by atoms with van der Waals surface area (Å²) in [5, 5.41) is 3.57. The minimum absolute atomic E-state index is 0.464. The zero-order chi connectivity index (χ0) is 11.9. The van der Waals surface area contributed by atoms with Gasteiger partial charge < -0.3 is 10.1 Å². The molecule has 1 N–H and O–H groups in total. The van der Waals surface area contributed by atoms with E-state index in [2.05, 4.69) is 40.5 Å². The van der Waals surface area contributed by atoms with Crippen LogP contribution in [0.25, 0.3) is 0 Å². The molecule has 1 heterocycles. The third-order valence-corrected chi connectivity index (χ3v) is 3.22. The highest BCUT2D eigenvalue weighted by atomic mass is 16.5. The lowest BCUT2D eigenvalue weighted by Gasteiger charge is -2.33. The second kappa shape index (κ2) is 6.74. The molecule has 3 heteroatoms. The van der Waals surface area contributed by atoms with Gasteiger partial charge in [-0.15, -0.1) is 0 Å². The minimum Gasteiger partial charge on any atom is -0.380 e. The van der Waals surface area contributed by atoms with E-state index in [0.29, 0.717) is 6.04 Å². The number of hydrogen-bond acceptors (Lipinski definition) is 3. The molecule has 94 valence electrons. The van der Waals surface area contributed by atoms with E-state index in [1.807, 2.05) is 6.92 Å². The van der Waals surface area contributed by atoms with E-state index in [1.54, 1.807) is 0 Å². The van der Waals surface area contributed by atoms with Crippen molar-refractivity contribution in [1.82, 2.24) is 10.2 Å². The van der Waals surface area contributed by atoms with Gasteiger partial charge in [0.1, 0.15) is 0 Å². The number of hydrogen-bond donors (Lipinski definition) is 1. The molecule has 1 aromatic carbocycles. The summed E-state index contributed by atoms with van der Waals surface area (Å²) >= 11 is 0. The van der Waals surface area contributed by atoms with E-state index in [1.165, 1.54) is 5.56 Å². The Morgan fingerprint density at radius 1 is 1.35 bits per heavy atom. The van der Waals surface area contributed by atoms with Crippen LogP contribution in [0.4, 0.5) is 0 Å². The summed E-state index contributed by atoms with van der Waals surface area (Å²) in [4.78, 5) is 2.48. The molecule has 1 saturated heterocycles. The van der Waals surface area contributed by atoms with Crippen molar-refractivity contribution in [3.05, 3.63) is 35.9 Å². The molecule has 1 aromatic rings. The van der Waals surface area contributed by atoms with Crippen molar-refractivity contribution in [3.63, 3.8) is 0 Å². The lowest BCUT2D eigenvalue weighted by Crippen LogP contribution is -2.46. The quantitative estimate of drug-likeness (QED) is 0.784. The number of benzene rings is 1. The molecular formula is C14H22N2O. The van der Waals surface area contributed by atoms with Crippen molar-refractivity contribution in [1.29, 1.82) is 0 Å². The topological polar surface area (TPSA) is 24.5 Å². The summed E-state index contributed by atoms with van der Waals surface area (Å²) in [6.45, 7) is 8.01. The largest absolute Gasteiger partial charge is 0.380 e. The lowest BCUT2D eigenvalue weighted by atomic mass is 10.0. The maximum atomic E-state index is 5.42. The van der Waals surface area contributed by atoms with Gasteiger partial charge >= 0.3 is 0 Å². The van der Waals surface area contributed by atoms with Crippen molar-refractivity contribution in [3.8, 4) is 0 Å². The predicted octanol–water partition coefficient (Wildman–Crippen LogP) is 1.67. The van der Waals surface area contributed by atoms with Gasteiger partial charge in [-0.2, -0.15) is 0 Å². The molecule has 0 radical (unpaired) electrons. The molecule has 0 aliphatic carbocycles. The van der Waals surface area contributed by atoms with Crippen LogP contribution in [-0.4, -0.2) is 44.3 Å². The Labute approximate surface area is 104 Å². The molecule has 3 nitrogen and oxygen atoms in total. The van der Waals surface area contributed by atoms with E-state index in [9.17, 15) is 0 Å². The molecule has 0 bridgehead atoms. The summed E-state index contributed by atoms with van der Waals surface area (Å²) in [5.41, 5.74) is 1.38. The molecule has 1 aliphatic heterocycles. The summed E-state index contributed by atoms with van der Waals surface area (Å²) in [6, 6.07) is 11.1. The van der Waals surface area contributed by atoms with Crippen molar-refractivity contribution < 1.29 is 4.74 Å². The number of nitrogens with zero attached hydrogens (tertiary/aromatic N) is 1. The minimum atomic E-state index is 0.464. The average molecular weight is 234 g/mol. The first-order valence-electron chi connectivity index (χ1n) is 6.48. The standard InChI is InChI=1S/C14H22N2O/c1-2-17-11-10-16-9-8-15-14(12-16)13-6-4-3-5-7-13/h3-7,14-15H,2,8-12H2,1H3. The van der Waals surface area contributed by atoms with E-state index in [-0.39, 0.29) is 0 Å². The summed E-state index contributed by atoms with van der Waals surface area (Å²) in [5.74, 6) is 0. The molecule has 0 amide bonds. The lowest BCUT2D eigenvalue weighted by molar-refractivity contribution is 0.0995. The van der Waals surface area contributed by atoms with Crippen molar-refractivity contribution in [2.24, 2.45) is 0 Å². The molecule has 1 aliphatic rings. The maximum absolute atomic E-state index is 5.42. The second-order valence-electron chi connectivity index (χ2n) is 4.41. The Morgan fingerprint density at radius 3 is 2.94 bits per heavy atom. The van der Waals surface area contributed by atoms with Crippen LogP contribution in [0, 0.1) is 0 Å². The number of ether oxygens (including phenoxy) is 1. The Hall–Kier alpha value is -0.900. The van der Waals surface area contributed by atoms with Gasteiger partial charge in [0.15, 0.2) is 0 Å². The number of nitrogens with one attached hydrogen (secondary N) is 1. The zero-order valence-electron chi connectivity index (χ0n) is 10.6. The van der Waals surface area contributed by atoms with Gasteiger partial charge in [0, 0.05) is 38.8 Å². The van der Waals surface area contributed by atoms with Crippen LogP contribution in [0.2, 0.25) is 0 Å². The van der Waals surface area contributed by atoms with Crippen LogP contribution in [0.5, 0.6) is 0 Å². The highest BCUT2D eigenvalue weighted by Gasteiger charge is 2.19. The van der Waals surface area contributed by atoms with Gasteiger partial charge in [0.25, 0.3) is 0 Å². The molecule has 17 heavy (non-hydrogen) atoms. The summed E-state index contributed by atoms with van der Waals surface area (Å²) in [7, 11) is 0. The SMILES string of the molecule is CCOCCN1CCNC(c2ccccc2)C1. The summed E-state index contributed by atoms with van der Waals surface area (Å²) in [6.07, 6.45) is 0. The van der Waals surface area contributed by atoms with Gasteiger partial charge in [-0.1, -0.05) is 30.3 Å². The molecule has 0 spiro atoms. The van der Waals surface area contributed by atoms with E-state index in [0.717, 1.165) is 39.4 Å². The average Bonchev–Trinajstić information content (AvgIpc) is 2.41. The molecule has 1 unspecified atom stereocenters. The third-order valence-electron chi connectivity index (χ3n) is 3.22. The second-order valence-corrected chi connectivity index (χ2v) is 4.41. The number of rotatable bonds is 5. The fourth-order valence-corrected chi connectivity index (χ4v) is 2.26. The number of piperazine rings is 1. The third kappa shape index (κ3) is 3.80. The Morgan fingerprint density at radius 2 is 2.18 bits per heavy atom. The smallest absolute Gasteiger partial charge is 0.0593 e. The van der Waals surface area contributed by atoms with Crippen LogP contribution >= 0.6 is 0 Å². The van der Waals surface area contributed by atoms with Crippen molar-refractivity contribution in [2.75, 3.05) is 39.4 Å². The Bertz CT molecular complexity index is 315. The fourth-order valence-electron chi connectivity index (χ4n) is 2.26. The van der Waals surface area contributed by atoms with E-state index >= 15 is 0 Å². The highest BCUT2D eigenvalue weighted by molar-refractivity contribution is 5.19. The fraction of sp³-hybridized carbons (Fsp3) is 0.571. The van der Waals surface area contributed by atoms with E-state index in [4.69, 9.17) is 4.74 Å². The first-order chi connectivity index (χ1) is 8.40. The van der Waals surface area contributed by atoms with Crippen LogP contribution in [0.3, 0.4) is 0 Å². The highest BCUT2D eigenvalue weighted by Crippen LogP contribution is 2.16. The molecular weight excluding hydrogens is 212 g/mol. The first-order valence-corrected chi connectivity index (χ1v) is 6.48. The van der Waals surface area contributed by atoms with Gasteiger partial charge in [-0.05, 0) is 12.5 Å². The van der Waals surface area contributed by atoms with Gasteiger partial charge in [0.2, 0.25) is 0 Å². The van der Waals surface area contributed by atoms with E-state index < -0.39 is 0 Å². The Kier molecular flexibility index (Phi) is 4.98. The molecule has 0 saturated carbocycles. The molecule has 2 rings (SSSR count). The van der Waals surface area contributed by atoms with Crippen LogP contribution in [-0.2, 0) is 4.74 Å². The molecule has 1 atom stereocenters. The monoisotopic (exact) mass is 234 g/mol. The van der Waals surface area contributed by atoms with Crippen molar-refractivity contribution >= 4 is 0 Å². The van der Waals surface area contributed by atoms with Crippen LogP contribution in [0.15, 0.2) is 30.3 Å². The van der Waals surface area contributed by atoms with Crippen molar-refractivity contribution in [2.45, 2.75) is 13.0 Å². The first kappa shape index (κ1) is 12.6. The van der Waals surface area contributed by atoms with Gasteiger partial charge in [0.05, 0.1) is 6.61 Å². The Balaban J connectivity index is 1.84. The molecule has 0 aromatic heterocycles. The van der Waals surface area contributed by atoms with Gasteiger partial charge in [-0.25, -0.2) is 0 Å². The zero-order valence-corrected chi connectivity index (χ0v) is 10.6. The van der Waals surface area contributed by atoms with Gasteiger partial charge in [-0.3, -0.25) is 4.90 Å². The maximum Gasteiger partial charge on any atom is 0.0593 e. The van der Waals surface area contributed by atoms with Crippen LogP contribution in [0.1, 0.15) is 18.5 Å². The molecule has 1 fully saturated rings. The normalized spacial score (nSPS) is 21.6. The van der Waals surface area contributed by atoms with Crippen LogP contribution < -0.4 is 5.32 Å².